The molecule has 1 unspecified atom stereocenters. The molecule has 1 atom stereocenters. The van der Waals surface area contributed by atoms with E-state index in [1.807, 2.05) is 6.92 Å². The van der Waals surface area contributed by atoms with Crippen LogP contribution in [0.3, 0.4) is 0 Å². The number of aromatic nitrogens is 7. The third kappa shape index (κ3) is 3.78. The van der Waals surface area contributed by atoms with Crippen LogP contribution in [0.5, 0.6) is 0 Å². The Balaban J connectivity index is 1.75. The van der Waals surface area contributed by atoms with Gasteiger partial charge >= 0.3 is 0 Å². The van der Waals surface area contributed by atoms with E-state index < -0.39 is 6.04 Å². The Bertz CT molecular complexity index is 1550. The van der Waals surface area contributed by atoms with Crippen molar-refractivity contribution >= 4 is 62.6 Å². The molecule has 4 aromatic heterocycles. The van der Waals surface area contributed by atoms with E-state index in [0.29, 0.717) is 50.6 Å². The van der Waals surface area contributed by atoms with Crippen molar-refractivity contribution in [1.82, 2.24) is 34.7 Å². The molecular formula is C21H15Cl3N8O. The molecule has 2 N–H and O–H groups in total. The number of aromatic amines is 1. The first kappa shape index (κ1) is 21.6. The largest absolute Gasteiger partial charge is 0.358 e. The number of anilines is 1. The second kappa shape index (κ2) is 8.58. The molecule has 0 amide bonds. The number of pyridine rings is 1. The maximum absolute atomic E-state index is 13.6. The zero-order valence-corrected chi connectivity index (χ0v) is 19.3. The summed E-state index contributed by atoms with van der Waals surface area (Å²) >= 11 is 18.8. The van der Waals surface area contributed by atoms with Gasteiger partial charge in [0.05, 0.1) is 38.7 Å². The number of halogens is 3. The molecule has 1 aromatic carbocycles. The van der Waals surface area contributed by atoms with Crippen molar-refractivity contribution in [3.8, 4) is 5.82 Å². The lowest BCUT2D eigenvalue weighted by Gasteiger charge is -2.22. The number of fused-ring (bicyclic) bond motifs is 2. The lowest BCUT2D eigenvalue weighted by atomic mass is 10.1. The number of hydrogen-bond acceptors (Lipinski definition) is 7. The van der Waals surface area contributed by atoms with Crippen LogP contribution in [0.15, 0.2) is 47.7 Å². The highest BCUT2D eigenvalue weighted by atomic mass is 35.5. The van der Waals surface area contributed by atoms with Crippen LogP contribution in [-0.4, -0.2) is 34.7 Å². The predicted octanol–water partition coefficient (Wildman–Crippen LogP) is 4.97. The molecule has 0 bridgehead atoms. The van der Waals surface area contributed by atoms with Crippen LogP contribution >= 0.6 is 34.8 Å². The highest BCUT2D eigenvalue weighted by molar-refractivity contribution is 6.39. The molecule has 0 fully saturated rings. The first-order valence-electron chi connectivity index (χ1n) is 9.92. The number of hydrogen-bond donors (Lipinski definition) is 2. The van der Waals surface area contributed by atoms with Crippen molar-refractivity contribution in [1.29, 1.82) is 0 Å². The minimum absolute atomic E-state index is 0.221. The van der Waals surface area contributed by atoms with Crippen LogP contribution in [0.4, 0.5) is 5.82 Å². The Morgan fingerprint density at radius 1 is 1.03 bits per heavy atom. The monoisotopic (exact) mass is 500 g/mol. The fraction of sp³-hybridized carbons (Fsp3) is 0.143. The molecule has 5 rings (SSSR count). The van der Waals surface area contributed by atoms with Gasteiger partial charge in [-0.15, -0.1) is 0 Å². The summed E-state index contributed by atoms with van der Waals surface area (Å²) < 4.78 is 1.43. The van der Waals surface area contributed by atoms with Crippen molar-refractivity contribution < 1.29 is 0 Å². The maximum atomic E-state index is 13.6. The van der Waals surface area contributed by atoms with E-state index in [2.05, 4.69) is 30.5 Å². The van der Waals surface area contributed by atoms with Crippen LogP contribution in [0.25, 0.3) is 27.8 Å². The molecular weight excluding hydrogens is 487 g/mol. The quantitative estimate of drug-likeness (QED) is 0.327. The molecule has 0 aliphatic heterocycles. The summed E-state index contributed by atoms with van der Waals surface area (Å²) in [6.45, 7) is 1.95. The standard InChI is InChI=1S/C21H15Cl3N8O/c1-2-12(28-19-18-13(25-9-26-19)5-6-14(24)29-18)20-30-17-11(23)4-3-10(22)16(17)21(33)32(20)15-7-8-27-31-15/h3-9,12H,2H2,1H3,(H,27,31)(H,25,26,28). The molecule has 9 nitrogen and oxygen atoms in total. The van der Waals surface area contributed by atoms with Crippen molar-refractivity contribution in [3.05, 3.63) is 74.2 Å². The number of nitrogens with zero attached hydrogens (tertiary/aromatic N) is 6. The van der Waals surface area contributed by atoms with E-state index in [0.717, 1.165) is 0 Å². The number of rotatable bonds is 5. The van der Waals surface area contributed by atoms with Crippen LogP contribution in [0.1, 0.15) is 25.2 Å². The van der Waals surface area contributed by atoms with Crippen LogP contribution in [0, 0.1) is 0 Å². The topological polar surface area (TPSA) is 114 Å². The molecule has 0 aliphatic rings. The van der Waals surface area contributed by atoms with Crippen LogP contribution in [0.2, 0.25) is 15.2 Å². The molecule has 0 aliphatic carbocycles. The van der Waals surface area contributed by atoms with E-state index in [9.17, 15) is 4.79 Å². The number of benzene rings is 1. The molecule has 0 saturated heterocycles. The van der Waals surface area contributed by atoms with Gasteiger partial charge < -0.3 is 5.32 Å². The summed E-state index contributed by atoms with van der Waals surface area (Å²) in [6.07, 6.45) is 3.53. The minimum atomic E-state index is -0.459. The van der Waals surface area contributed by atoms with Crippen LogP contribution in [-0.2, 0) is 0 Å². The second-order valence-corrected chi connectivity index (χ2v) is 8.34. The SMILES string of the molecule is CCC(Nc1ncnc2ccc(Cl)nc12)c1nc2c(Cl)ccc(Cl)c2c(=O)n1-c1ccn[nH]1. The molecule has 0 radical (unpaired) electrons. The molecule has 12 heteroatoms. The lowest BCUT2D eigenvalue weighted by molar-refractivity contribution is 0.653. The fourth-order valence-electron chi connectivity index (χ4n) is 3.61. The molecule has 0 saturated carbocycles. The zero-order valence-electron chi connectivity index (χ0n) is 17.1. The van der Waals surface area contributed by atoms with Gasteiger partial charge in [0, 0.05) is 6.07 Å². The van der Waals surface area contributed by atoms with Gasteiger partial charge in [-0.1, -0.05) is 41.7 Å². The van der Waals surface area contributed by atoms with Gasteiger partial charge in [0.25, 0.3) is 5.56 Å². The van der Waals surface area contributed by atoms with Gasteiger partial charge in [-0.3, -0.25) is 9.89 Å². The van der Waals surface area contributed by atoms with E-state index in [4.69, 9.17) is 39.8 Å². The highest BCUT2D eigenvalue weighted by Gasteiger charge is 2.24. The van der Waals surface area contributed by atoms with E-state index in [-0.39, 0.29) is 16.0 Å². The summed E-state index contributed by atoms with van der Waals surface area (Å²) in [4.78, 5) is 31.3. The predicted molar refractivity (Wildman–Crippen MR) is 129 cm³/mol. The zero-order chi connectivity index (χ0) is 23.1. The molecule has 4 heterocycles. The van der Waals surface area contributed by atoms with Gasteiger partial charge in [-0.2, -0.15) is 5.10 Å². The summed E-state index contributed by atoms with van der Waals surface area (Å²) in [5, 5.41) is 11.3. The second-order valence-electron chi connectivity index (χ2n) is 7.13. The summed E-state index contributed by atoms with van der Waals surface area (Å²) in [7, 11) is 0. The van der Waals surface area contributed by atoms with Gasteiger partial charge in [0.1, 0.15) is 28.6 Å². The lowest BCUT2D eigenvalue weighted by Crippen LogP contribution is -2.29. The third-order valence-electron chi connectivity index (χ3n) is 5.16. The van der Waals surface area contributed by atoms with Gasteiger partial charge in [0.2, 0.25) is 0 Å². The Morgan fingerprint density at radius 3 is 2.61 bits per heavy atom. The first-order chi connectivity index (χ1) is 16.0. The van der Waals surface area contributed by atoms with Crippen molar-refractivity contribution in [2.45, 2.75) is 19.4 Å². The molecule has 166 valence electrons. The first-order valence-corrected chi connectivity index (χ1v) is 11.1. The van der Waals surface area contributed by atoms with E-state index >= 15 is 0 Å². The average molecular weight is 502 g/mol. The van der Waals surface area contributed by atoms with Crippen molar-refractivity contribution in [2.24, 2.45) is 0 Å². The Kier molecular flexibility index (Phi) is 5.61. The molecule has 33 heavy (non-hydrogen) atoms. The molecule has 5 aromatic rings. The maximum Gasteiger partial charge on any atom is 0.268 e. The van der Waals surface area contributed by atoms with Gasteiger partial charge in [-0.25, -0.2) is 24.5 Å². The smallest absolute Gasteiger partial charge is 0.268 e. The summed E-state index contributed by atoms with van der Waals surface area (Å²) in [5.74, 6) is 1.30. The van der Waals surface area contributed by atoms with Crippen molar-refractivity contribution in [2.75, 3.05) is 5.32 Å². The highest BCUT2D eigenvalue weighted by Crippen LogP contribution is 2.30. The Labute approximate surface area is 201 Å². The van der Waals surface area contributed by atoms with Crippen molar-refractivity contribution in [3.63, 3.8) is 0 Å². The van der Waals surface area contributed by atoms with Gasteiger partial charge in [-0.05, 0) is 30.7 Å². The number of nitrogens with one attached hydrogen (secondary N) is 2. The van der Waals surface area contributed by atoms with Crippen LogP contribution < -0.4 is 10.9 Å². The van der Waals surface area contributed by atoms with E-state index in [1.54, 1.807) is 36.5 Å². The molecule has 0 spiro atoms. The normalized spacial score (nSPS) is 12.4. The minimum Gasteiger partial charge on any atom is -0.358 e. The fourth-order valence-corrected chi connectivity index (χ4v) is 4.19. The number of H-pyrrole nitrogens is 1. The van der Waals surface area contributed by atoms with Gasteiger partial charge in [0.15, 0.2) is 5.82 Å². The van der Waals surface area contributed by atoms with E-state index in [1.165, 1.54) is 10.9 Å². The summed E-state index contributed by atoms with van der Waals surface area (Å²) in [6, 6.07) is 7.81. The Hall–Kier alpha value is -3.27. The third-order valence-corrected chi connectivity index (χ3v) is 5.99. The average Bonchev–Trinajstić information content (AvgIpc) is 3.34. The summed E-state index contributed by atoms with van der Waals surface area (Å²) in [5.41, 5.74) is 1.06. The Morgan fingerprint density at radius 2 is 1.85 bits per heavy atom.